The maximum atomic E-state index is 14.8. The number of ether oxygens (including phenoxy) is 1. The van der Waals surface area contributed by atoms with Crippen molar-refractivity contribution in [1.29, 1.82) is 0 Å². The van der Waals surface area contributed by atoms with E-state index in [0.29, 0.717) is 28.0 Å². The predicted molar refractivity (Wildman–Crippen MR) is 140 cm³/mol. The number of hydrogen-bond acceptors (Lipinski definition) is 9. The lowest BCUT2D eigenvalue weighted by Crippen LogP contribution is -2.38. The van der Waals surface area contributed by atoms with Crippen molar-refractivity contribution >= 4 is 35.2 Å². The minimum Gasteiger partial charge on any atom is -0.437 e. The molecule has 2 aromatic heterocycles. The Morgan fingerprint density at radius 3 is 2.78 bits per heavy atom. The molecular weight excluding hydrogens is 501 g/mol. The van der Waals surface area contributed by atoms with Gasteiger partial charge in [0.25, 0.3) is 0 Å². The van der Waals surface area contributed by atoms with Crippen molar-refractivity contribution in [2.75, 3.05) is 23.1 Å². The zero-order valence-electron chi connectivity index (χ0n) is 19.1. The number of nitrogens with one attached hydrogen (secondary N) is 3. The Morgan fingerprint density at radius 2 is 1.94 bits per heavy atom. The Labute approximate surface area is 217 Å². The molecule has 0 bridgehead atoms. The molecule has 3 N–H and O–H groups in total. The van der Waals surface area contributed by atoms with Gasteiger partial charge >= 0.3 is 0 Å². The number of rotatable bonds is 8. The predicted octanol–water partition coefficient (Wildman–Crippen LogP) is 5.80. The third-order valence-corrected chi connectivity index (χ3v) is 6.80. The average Bonchev–Trinajstić information content (AvgIpc) is 2.90. The summed E-state index contributed by atoms with van der Waals surface area (Å²) in [6.07, 6.45) is 6.88. The molecule has 11 heteroatoms. The second-order valence-electron chi connectivity index (χ2n) is 8.04. The number of anilines is 2. The highest BCUT2D eigenvalue weighted by atomic mass is 35.5. The summed E-state index contributed by atoms with van der Waals surface area (Å²) in [5.74, 6) is 0.526. The van der Waals surface area contributed by atoms with Crippen LogP contribution in [0.2, 0.25) is 5.02 Å². The van der Waals surface area contributed by atoms with Crippen molar-refractivity contribution in [1.82, 2.24) is 25.3 Å². The third kappa shape index (κ3) is 6.01. The summed E-state index contributed by atoms with van der Waals surface area (Å²) in [6.45, 7) is 1.89. The van der Waals surface area contributed by atoms with Gasteiger partial charge in [-0.2, -0.15) is 0 Å². The molecule has 0 aliphatic carbocycles. The van der Waals surface area contributed by atoms with E-state index < -0.39 is 5.82 Å². The molecule has 3 heterocycles. The smallest absolute Gasteiger partial charge is 0.247 e. The fourth-order valence-electron chi connectivity index (χ4n) is 3.68. The van der Waals surface area contributed by atoms with Crippen molar-refractivity contribution < 1.29 is 9.13 Å². The van der Waals surface area contributed by atoms with Gasteiger partial charge < -0.3 is 20.1 Å². The van der Waals surface area contributed by atoms with Crippen LogP contribution >= 0.6 is 23.5 Å². The van der Waals surface area contributed by atoms with Crippen LogP contribution in [0.3, 0.4) is 0 Å². The number of piperidine rings is 1. The van der Waals surface area contributed by atoms with Gasteiger partial charge in [-0.25, -0.2) is 24.3 Å². The largest absolute Gasteiger partial charge is 0.437 e. The molecule has 2 aromatic carbocycles. The molecule has 8 nitrogen and oxygen atoms in total. The van der Waals surface area contributed by atoms with Gasteiger partial charge in [0.15, 0.2) is 11.5 Å². The second-order valence-corrected chi connectivity index (χ2v) is 9.30. The third-order valence-electron chi connectivity index (χ3n) is 5.46. The normalized spacial score (nSPS) is 15.3. The number of hydrogen-bond donors (Lipinski definition) is 3. The SMILES string of the molecule is Fc1cc(Oc2nccnc2-c2ccnc(NC3CCCNC3)n2)ccc1NSc1ccccc1Cl. The summed E-state index contributed by atoms with van der Waals surface area (Å²) in [5, 5.41) is 7.31. The highest BCUT2D eigenvalue weighted by molar-refractivity contribution is 8.00. The molecule has 0 amide bonds. The molecule has 5 rings (SSSR count). The van der Waals surface area contributed by atoms with E-state index in [0.717, 1.165) is 30.8 Å². The fraction of sp³-hybridized carbons (Fsp3) is 0.200. The van der Waals surface area contributed by atoms with Crippen LogP contribution in [0.4, 0.5) is 16.0 Å². The molecule has 4 aromatic rings. The quantitative estimate of drug-likeness (QED) is 0.247. The van der Waals surface area contributed by atoms with Gasteiger partial charge in [0.05, 0.1) is 16.4 Å². The van der Waals surface area contributed by atoms with Crippen LogP contribution < -0.4 is 20.1 Å². The van der Waals surface area contributed by atoms with Crippen molar-refractivity contribution in [3.05, 3.63) is 78.0 Å². The van der Waals surface area contributed by atoms with E-state index in [4.69, 9.17) is 16.3 Å². The van der Waals surface area contributed by atoms with Crippen LogP contribution in [0.5, 0.6) is 11.6 Å². The molecule has 1 aliphatic heterocycles. The number of aromatic nitrogens is 4. The first-order valence-corrected chi connectivity index (χ1v) is 12.6. The molecule has 0 saturated carbocycles. The molecular formula is C25H23ClFN7OS. The van der Waals surface area contributed by atoms with E-state index in [1.807, 2.05) is 18.2 Å². The number of benzene rings is 2. The Bertz CT molecular complexity index is 1340. The summed E-state index contributed by atoms with van der Waals surface area (Å²) in [6, 6.07) is 13.9. The first-order valence-electron chi connectivity index (χ1n) is 11.4. The van der Waals surface area contributed by atoms with Gasteiger partial charge in [-0.1, -0.05) is 23.7 Å². The van der Waals surface area contributed by atoms with Crippen LogP contribution in [-0.4, -0.2) is 39.1 Å². The maximum Gasteiger partial charge on any atom is 0.247 e. The Morgan fingerprint density at radius 1 is 1.06 bits per heavy atom. The average molecular weight is 524 g/mol. The standard InChI is InChI=1S/C25H23ClFN7OS/c26-18-5-1-2-6-22(18)36-34-20-8-7-17(14-19(20)27)35-24-23(29-12-13-30-24)21-9-11-31-25(33-21)32-16-4-3-10-28-15-16/h1-2,5-9,11-14,16,28,34H,3-4,10,15H2,(H,31,32,33). The van der Waals surface area contributed by atoms with Crippen molar-refractivity contribution in [3.8, 4) is 23.0 Å². The molecule has 1 unspecified atom stereocenters. The van der Waals surface area contributed by atoms with E-state index >= 15 is 0 Å². The van der Waals surface area contributed by atoms with Crippen LogP contribution in [0.15, 0.2) is 72.0 Å². The molecule has 1 aliphatic rings. The lowest BCUT2D eigenvalue weighted by Gasteiger charge is -2.23. The van der Waals surface area contributed by atoms with Gasteiger partial charge in [0.2, 0.25) is 11.8 Å². The van der Waals surface area contributed by atoms with Crippen LogP contribution in [-0.2, 0) is 0 Å². The number of halogens is 2. The Balaban J connectivity index is 1.30. The second kappa shape index (κ2) is 11.5. The lowest BCUT2D eigenvalue weighted by atomic mass is 10.1. The van der Waals surface area contributed by atoms with Crippen molar-refractivity contribution in [2.24, 2.45) is 0 Å². The van der Waals surface area contributed by atoms with E-state index in [1.165, 1.54) is 24.2 Å². The molecule has 1 saturated heterocycles. The molecule has 184 valence electrons. The lowest BCUT2D eigenvalue weighted by molar-refractivity contribution is 0.458. The van der Waals surface area contributed by atoms with Gasteiger partial charge in [0, 0.05) is 42.1 Å². The monoisotopic (exact) mass is 523 g/mol. The van der Waals surface area contributed by atoms with E-state index in [2.05, 4.69) is 35.3 Å². The van der Waals surface area contributed by atoms with E-state index in [9.17, 15) is 4.39 Å². The zero-order valence-corrected chi connectivity index (χ0v) is 20.7. The first-order chi connectivity index (χ1) is 17.7. The van der Waals surface area contributed by atoms with Crippen molar-refractivity contribution in [3.63, 3.8) is 0 Å². The summed E-state index contributed by atoms with van der Waals surface area (Å²) < 4.78 is 23.7. The first kappa shape index (κ1) is 24.2. The fourth-order valence-corrected chi connectivity index (χ4v) is 4.63. The van der Waals surface area contributed by atoms with Crippen molar-refractivity contribution in [2.45, 2.75) is 23.8 Å². The topological polar surface area (TPSA) is 96.9 Å². The Hall–Kier alpha value is -3.47. The molecule has 1 fully saturated rings. The highest BCUT2D eigenvalue weighted by Gasteiger charge is 2.17. The maximum absolute atomic E-state index is 14.8. The summed E-state index contributed by atoms with van der Waals surface area (Å²) >= 11 is 7.39. The molecule has 36 heavy (non-hydrogen) atoms. The molecule has 1 atom stereocenters. The summed E-state index contributed by atoms with van der Waals surface area (Å²) in [7, 11) is 0. The van der Waals surface area contributed by atoms with E-state index in [1.54, 1.807) is 36.7 Å². The van der Waals surface area contributed by atoms with E-state index in [-0.39, 0.29) is 17.7 Å². The van der Waals surface area contributed by atoms with Crippen LogP contribution in [0, 0.1) is 5.82 Å². The summed E-state index contributed by atoms with van der Waals surface area (Å²) in [4.78, 5) is 18.4. The molecule has 0 spiro atoms. The molecule has 0 radical (unpaired) electrons. The van der Waals surface area contributed by atoms with Gasteiger partial charge in [-0.3, -0.25) is 0 Å². The number of nitrogens with zero attached hydrogens (tertiary/aromatic N) is 4. The summed E-state index contributed by atoms with van der Waals surface area (Å²) in [5.41, 5.74) is 1.28. The van der Waals surface area contributed by atoms with Crippen LogP contribution in [0.25, 0.3) is 11.4 Å². The van der Waals surface area contributed by atoms with Gasteiger partial charge in [-0.15, -0.1) is 0 Å². The minimum absolute atomic E-state index is 0.215. The van der Waals surface area contributed by atoms with Crippen LogP contribution in [0.1, 0.15) is 12.8 Å². The Kier molecular flexibility index (Phi) is 7.75. The van der Waals surface area contributed by atoms with Gasteiger partial charge in [0.1, 0.15) is 5.75 Å². The van der Waals surface area contributed by atoms with Gasteiger partial charge in [-0.05, 0) is 61.7 Å². The zero-order chi connectivity index (χ0) is 24.7. The highest BCUT2D eigenvalue weighted by Crippen LogP contribution is 2.33. The minimum atomic E-state index is -0.480.